The van der Waals surface area contributed by atoms with E-state index in [1.54, 1.807) is 7.11 Å². The summed E-state index contributed by atoms with van der Waals surface area (Å²) in [6, 6.07) is 7.70. The van der Waals surface area contributed by atoms with Gasteiger partial charge in [0.05, 0.1) is 6.61 Å². The number of carbonyl (C=O) groups is 1. The van der Waals surface area contributed by atoms with E-state index >= 15 is 0 Å². The first-order valence-electron chi connectivity index (χ1n) is 11.9. The lowest BCUT2D eigenvalue weighted by atomic mass is 9.84. The first-order chi connectivity index (χ1) is 16.2. The Kier molecular flexibility index (Phi) is 11.5. The fourth-order valence-electron chi connectivity index (χ4n) is 3.97. The van der Waals surface area contributed by atoms with Gasteiger partial charge in [-0.05, 0) is 56.7 Å². The lowest BCUT2D eigenvalue weighted by Gasteiger charge is -2.31. The number of aliphatic hydroxyl groups excluding tert-OH is 1. The molecule has 0 aromatic heterocycles. The average Bonchev–Trinajstić information content (AvgIpc) is 2.80. The molecule has 1 aromatic carbocycles. The van der Waals surface area contributed by atoms with Gasteiger partial charge in [0, 0.05) is 32.2 Å². The van der Waals surface area contributed by atoms with E-state index in [1.165, 1.54) is 0 Å². The quantitative estimate of drug-likeness (QED) is 0.257. The van der Waals surface area contributed by atoms with Crippen LogP contribution >= 0.6 is 0 Å². The Balaban J connectivity index is 1.67. The lowest BCUT2D eigenvalue weighted by Crippen LogP contribution is -2.52. The summed E-state index contributed by atoms with van der Waals surface area (Å²) >= 11 is 0. The third-order valence-corrected chi connectivity index (χ3v) is 6.01. The van der Waals surface area contributed by atoms with E-state index in [-0.39, 0.29) is 24.9 Å². The summed E-state index contributed by atoms with van der Waals surface area (Å²) in [5.74, 6) is 0.383. The van der Waals surface area contributed by atoms with Gasteiger partial charge < -0.3 is 30.1 Å². The number of carbonyl (C=O) groups excluding carboxylic acids is 1. The molecule has 1 saturated carbocycles. The highest BCUT2D eigenvalue weighted by Gasteiger charge is 2.30. The maximum Gasteiger partial charge on any atom is 0.294 e. The summed E-state index contributed by atoms with van der Waals surface area (Å²) < 4.78 is 10.7. The van der Waals surface area contributed by atoms with Crippen LogP contribution in [-0.2, 0) is 20.8 Å². The molecule has 34 heavy (non-hydrogen) atoms. The van der Waals surface area contributed by atoms with Crippen molar-refractivity contribution in [1.29, 1.82) is 0 Å². The van der Waals surface area contributed by atoms with Crippen molar-refractivity contribution in [2.45, 2.75) is 70.1 Å². The number of methoxy groups -OCH3 is 1. The van der Waals surface area contributed by atoms with Crippen molar-refractivity contribution in [3.05, 3.63) is 39.9 Å². The van der Waals surface area contributed by atoms with Crippen molar-refractivity contribution < 1.29 is 29.3 Å². The van der Waals surface area contributed by atoms with Crippen LogP contribution in [0.3, 0.4) is 0 Å². The summed E-state index contributed by atoms with van der Waals surface area (Å²) in [7, 11) is 1.67. The van der Waals surface area contributed by atoms with Crippen LogP contribution in [0.5, 0.6) is 5.75 Å². The number of nitrogens with one attached hydrogen (secondary N) is 2. The average molecular weight is 482 g/mol. The van der Waals surface area contributed by atoms with Crippen LogP contribution in [0.1, 0.15) is 51.5 Å². The van der Waals surface area contributed by atoms with E-state index in [0.717, 1.165) is 31.2 Å². The second kappa shape index (κ2) is 14.1. The Morgan fingerprint density at radius 3 is 2.65 bits per heavy atom. The van der Waals surface area contributed by atoms with Crippen molar-refractivity contribution in [3.63, 3.8) is 0 Å². The molecule has 10 nitrogen and oxygen atoms in total. The summed E-state index contributed by atoms with van der Waals surface area (Å²) in [6.45, 7) is 5.33. The van der Waals surface area contributed by atoms with Gasteiger partial charge in [0.1, 0.15) is 24.6 Å². The maximum atomic E-state index is 12.4. The molecule has 0 bridgehead atoms. The van der Waals surface area contributed by atoms with Crippen LogP contribution in [0.15, 0.2) is 24.3 Å². The first-order valence-corrected chi connectivity index (χ1v) is 11.9. The summed E-state index contributed by atoms with van der Waals surface area (Å²) in [5, 5.41) is 26.4. The predicted octanol–water partition coefficient (Wildman–Crippen LogP) is 2.26. The molecule has 0 aliphatic heterocycles. The Bertz CT molecular complexity index is 757. The van der Waals surface area contributed by atoms with Gasteiger partial charge in [-0.2, -0.15) is 0 Å². The monoisotopic (exact) mass is 481 g/mol. The predicted molar refractivity (Wildman–Crippen MR) is 127 cm³/mol. The molecule has 192 valence electrons. The van der Waals surface area contributed by atoms with Gasteiger partial charge in [0.2, 0.25) is 5.91 Å². The van der Waals surface area contributed by atoms with Gasteiger partial charge in [-0.3, -0.25) is 4.79 Å². The highest BCUT2D eigenvalue weighted by atomic mass is 17.0. The van der Waals surface area contributed by atoms with Crippen molar-refractivity contribution in [2.75, 3.05) is 33.4 Å². The zero-order chi connectivity index (χ0) is 25.0. The molecule has 0 saturated heterocycles. The number of ether oxygens (including phenoxy) is 2. The molecule has 1 fully saturated rings. The van der Waals surface area contributed by atoms with Crippen molar-refractivity contribution >= 4 is 5.91 Å². The number of benzene rings is 1. The largest absolute Gasteiger partial charge is 0.491 e. The number of aliphatic hydroxyl groups is 1. The van der Waals surface area contributed by atoms with E-state index in [2.05, 4.69) is 10.6 Å². The van der Waals surface area contributed by atoms with E-state index in [4.69, 9.17) is 14.3 Å². The van der Waals surface area contributed by atoms with Gasteiger partial charge in [-0.15, -0.1) is 10.1 Å². The normalized spacial score (nSPS) is 19.3. The molecule has 3 atom stereocenters. The molecule has 1 amide bonds. The maximum absolute atomic E-state index is 12.4. The van der Waals surface area contributed by atoms with Gasteiger partial charge in [0.15, 0.2) is 0 Å². The molecule has 10 heteroatoms. The highest BCUT2D eigenvalue weighted by Crippen LogP contribution is 2.29. The Labute approximate surface area is 201 Å². The van der Waals surface area contributed by atoms with Crippen molar-refractivity contribution in [3.8, 4) is 5.75 Å². The number of nitrogens with zero attached hydrogens (tertiary/aromatic N) is 1. The van der Waals surface area contributed by atoms with Gasteiger partial charge in [-0.1, -0.05) is 25.0 Å². The molecule has 1 aliphatic carbocycles. The van der Waals surface area contributed by atoms with E-state index in [9.17, 15) is 20.0 Å². The summed E-state index contributed by atoms with van der Waals surface area (Å²) in [5.41, 5.74) is 0.702. The lowest BCUT2D eigenvalue weighted by molar-refractivity contribution is -0.771. The molecule has 2 rings (SSSR count). The van der Waals surface area contributed by atoms with Crippen LogP contribution in [0.25, 0.3) is 0 Å². The molecule has 0 spiro atoms. The molecule has 1 aliphatic rings. The zero-order valence-electron chi connectivity index (χ0n) is 20.5. The van der Waals surface area contributed by atoms with Crippen LogP contribution in [0, 0.1) is 16.0 Å². The van der Waals surface area contributed by atoms with Crippen molar-refractivity contribution in [2.24, 2.45) is 5.92 Å². The number of hydrogen-bond acceptors (Lipinski definition) is 8. The van der Waals surface area contributed by atoms with Crippen LogP contribution in [0.4, 0.5) is 0 Å². The minimum atomic E-state index is -0.763. The van der Waals surface area contributed by atoms with E-state index < -0.39 is 22.8 Å². The summed E-state index contributed by atoms with van der Waals surface area (Å²) in [4.78, 5) is 27.9. The second-order valence-electron chi connectivity index (χ2n) is 9.51. The first kappa shape index (κ1) is 27.8. The summed E-state index contributed by atoms with van der Waals surface area (Å²) in [6.07, 6.45) is 2.97. The Morgan fingerprint density at radius 2 is 1.97 bits per heavy atom. The Morgan fingerprint density at radius 1 is 1.26 bits per heavy atom. The highest BCUT2D eigenvalue weighted by molar-refractivity contribution is 5.76. The van der Waals surface area contributed by atoms with Crippen LogP contribution in [0.2, 0.25) is 0 Å². The zero-order valence-corrected chi connectivity index (χ0v) is 20.5. The molecule has 1 unspecified atom stereocenters. The number of β-amino-alcohol motifs (C(OH)–C–C–N with tert-alkyl or cyclic N) is 1. The molecular formula is C24H39N3O7. The molecule has 0 heterocycles. The fraction of sp³-hybridized carbons (Fsp3) is 0.708. The molecular weight excluding hydrogens is 442 g/mol. The molecule has 3 N–H and O–H groups in total. The minimum Gasteiger partial charge on any atom is -0.491 e. The standard InChI is InChI=1S/C24H39N3O7/c1-24(2,17-25-23(29)14-19-6-4-5-7-22(19)34-27(30)31)26-15-20(28)16-33-21-10-8-18(9-11-21)12-13-32-3/h8-11,19-20,22,26,28H,4-7,12-17H2,1-3H3,(H,25,29)/t19-,20?,22+/m0/s1. The smallest absolute Gasteiger partial charge is 0.294 e. The number of amides is 1. The van der Waals surface area contributed by atoms with Gasteiger partial charge in [-0.25, -0.2) is 0 Å². The van der Waals surface area contributed by atoms with Crippen LogP contribution < -0.4 is 15.4 Å². The third kappa shape index (κ3) is 10.7. The topological polar surface area (TPSA) is 132 Å². The fourth-order valence-corrected chi connectivity index (χ4v) is 3.97. The van der Waals surface area contributed by atoms with Crippen LogP contribution in [-0.4, -0.2) is 67.3 Å². The van der Waals surface area contributed by atoms with Gasteiger partial charge in [0.25, 0.3) is 5.09 Å². The second-order valence-corrected chi connectivity index (χ2v) is 9.51. The van der Waals surface area contributed by atoms with Crippen molar-refractivity contribution in [1.82, 2.24) is 10.6 Å². The van der Waals surface area contributed by atoms with E-state index in [1.807, 2.05) is 38.1 Å². The minimum absolute atomic E-state index is 0.145. The van der Waals surface area contributed by atoms with Gasteiger partial charge >= 0.3 is 0 Å². The number of hydrogen-bond donors (Lipinski definition) is 3. The Hall–Kier alpha value is -2.43. The molecule has 0 radical (unpaired) electrons. The number of rotatable bonds is 15. The van der Waals surface area contributed by atoms with E-state index in [0.29, 0.717) is 31.9 Å². The SMILES string of the molecule is COCCc1ccc(OCC(O)CNC(C)(C)CNC(=O)C[C@@H]2CCCC[C@H]2O[N+](=O)[O-])cc1. The molecule has 1 aromatic rings. The third-order valence-electron chi connectivity index (χ3n) is 6.01.